The fraction of sp³-hybridized carbons (Fsp3) is 0.182. The molecule has 0 aliphatic carbocycles. The number of fused-ring (bicyclic) bond motifs is 2. The minimum atomic E-state index is -0.388. The molecule has 0 amide bonds. The average molecular weight is 384 g/mol. The molecule has 0 unspecified atom stereocenters. The van der Waals surface area contributed by atoms with Crippen molar-refractivity contribution >= 4 is 21.9 Å². The summed E-state index contributed by atoms with van der Waals surface area (Å²) in [7, 11) is 0. The van der Waals surface area contributed by atoms with Gasteiger partial charge in [0.25, 0.3) is 0 Å². The Morgan fingerprint density at radius 1 is 0.679 bits per heavy atom. The first kappa shape index (κ1) is 19.5. The molecule has 0 atom stereocenters. The summed E-state index contributed by atoms with van der Waals surface area (Å²) in [5, 5.41) is 1.35. The average Bonchev–Trinajstić information content (AvgIpc) is 2.68. The summed E-state index contributed by atoms with van der Waals surface area (Å²) in [6.45, 7) is 3.83. The minimum Gasteiger partial charge on any atom is -0.423 e. The van der Waals surface area contributed by atoms with E-state index in [1.54, 1.807) is 0 Å². The van der Waals surface area contributed by atoms with Crippen LogP contribution in [0.4, 0.5) is 8.78 Å². The smallest absolute Gasteiger partial charge is 0.336 e. The van der Waals surface area contributed by atoms with Crippen molar-refractivity contribution in [3.05, 3.63) is 92.1 Å². The summed E-state index contributed by atoms with van der Waals surface area (Å²) < 4.78 is 35.7. The lowest BCUT2D eigenvalue weighted by molar-refractivity contribution is 0.556. The van der Waals surface area contributed by atoms with Gasteiger partial charge in [0.2, 0.25) is 0 Å². The SMILES string of the molecule is CCc1cc(=O)oc2ccc(F)cc12.CCc1cc(=O)oc2ccc(F)cc12. The van der Waals surface area contributed by atoms with Crippen molar-refractivity contribution < 1.29 is 17.6 Å². The van der Waals surface area contributed by atoms with E-state index >= 15 is 0 Å². The molecule has 0 spiro atoms. The van der Waals surface area contributed by atoms with Crippen molar-refractivity contribution in [1.82, 2.24) is 0 Å². The first-order valence-electron chi connectivity index (χ1n) is 8.85. The second-order valence-corrected chi connectivity index (χ2v) is 6.17. The second-order valence-electron chi connectivity index (χ2n) is 6.17. The van der Waals surface area contributed by atoms with Crippen molar-refractivity contribution in [2.75, 3.05) is 0 Å². The van der Waals surface area contributed by atoms with Crippen LogP contribution in [0.2, 0.25) is 0 Å². The highest BCUT2D eigenvalue weighted by atomic mass is 19.1. The number of halogens is 2. The molecule has 2 heterocycles. The molecule has 0 fully saturated rings. The van der Waals surface area contributed by atoms with E-state index in [4.69, 9.17) is 8.83 Å². The predicted molar refractivity (Wildman–Crippen MR) is 104 cm³/mol. The molecular weight excluding hydrogens is 366 g/mol. The van der Waals surface area contributed by atoms with Crippen LogP contribution in [0, 0.1) is 11.6 Å². The Morgan fingerprint density at radius 3 is 1.43 bits per heavy atom. The molecule has 144 valence electrons. The van der Waals surface area contributed by atoms with Gasteiger partial charge in [-0.3, -0.25) is 0 Å². The maximum atomic E-state index is 12.9. The summed E-state index contributed by atoms with van der Waals surface area (Å²) >= 11 is 0. The van der Waals surface area contributed by atoms with Crippen molar-refractivity contribution in [3.63, 3.8) is 0 Å². The second kappa shape index (κ2) is 8.17. The van der Waals surface area contributed by atoms with Gasteiger partial charge < -0.3 is 8.83 Å². The van der Waals surface area contributed by atoms with Gasteiger partial charge in [-0.25, -0.2) is 18.4 Å². The summed E-state index contributed by atoms with van der Waals surface area (Å²) in [5.41, 5.74) is 1.74. The Balaban J connectivity index is 0.000000161. The molecule has 2 aromatic carbocycles. The summed E-state index contributed by atoms with van der Waals surface area (Å²) in [6.07, 6.45) is 1.37. The maximum Gasteiger partial charge on any atom is 0.336 e. The zero-order valence-corrected chi connectivity index (χ0v) is 15.4. The highest BCUT2D eigenvalue weighted by molar-refractivity contribution is 5.80. The number of hydrogen-bond donors (Lipinski definition) is 0. The van der Waals surface area contributed by atoms with Crippen molar-refractivity contribution in [2.45, 2.75) is 26.7 Å². The van der Waals surface area contributed by atoms with Gasteiger partial charge in [-0.1, -0.05) is 13.8 Å². The molecule has 0 aliphatic rings. The Morgan fingerprint density at radius 2 is 1.07 bits per heavy atom. The normalized spacial score (nSPS) is 10.7. The number of rotatable bonds is 2. The van der Waals surface area contributed by atoms with Gasteiger partial charge in [0.05, 0.1) is 0 Å². The van der Waals surface area contributed by atoms with E-state index < -0.39 is 0 Å². The molecular formula is C22H18F2O4. The minimum absolute atomic E-state index is 0.318. The Bertz CT molecular complexity index is 1160. The standard InChI is InChI=1S/2C11H9FO2/c2*1-2-7-5-11(13)14-10-4-3-8(12)6-9(7)10/h2*3-6H,2H2,1H3. The van der Waals surface area contributed by atoms with Gasteiger partial charge in [-0.15, -0.1) is 0 Å². The van der Waals surface area contributed by atoms with Gasteiger partial charge in [0.1, 0.15) is 22.8 Å². The number of benzene rings is 2. The fourth-order valence-corrected chi connectivity index (χ4v) is 2.99. The molecule has 2 aromatic heterocycles. The lowest BCUT2D eigenvalue weighted by atomic mass is 10.1. The van der Waals surface area contributed by atoms with Crippen LogP contribution in [0.3, 0.4) is 0 Å². The van der Waals surface area contributed by atoms with Crippen LogP contribution in [-0.2, 0) is 12.8 Å². The van der Waals surface area contributed by atoms with Crippen molar-refractivity contribution in [2.24, 2.45) is 0 Å². The van der Waals surface area contributed by atoms with Crippen LogP contribution in [0.25, 0.3) is 21.9 Å². The molecule has 6 heteroatoms. The third kappa shape index (κ3) is 4.17. The van der Waals surface area contributed by atoms with E-state index in [2.05, 4.69) is 0 Å². The van der Waals surface area contributed by atoms with Crippen LogP contribution in [-0.4, -0.2) is 0 Å². The van der Waals surface area contributed by atoms with Gasteiger partial charge in [-0.05, 0) is 60.4 Å². The number of hydrogen-bond acceptors (Lipinski definition) is 4. The molecule has 0 bridgehead atoms. The highest BCUT2D eigenvalue weighted by Gasteiger charge is 2.05. The zero-order chi connectivity index (χ0) is 20.3. The quantitative estimate of drug-likeness (QED) is 0.457. The fourth-order valence-electron chi connectivity index (χ4n) is 2.99. The summed E-state index contributed by atoms with van der Waals surface area (Å²) in [6, 6.07) is 11.1. The number of aryl methyl sites for hydroxylation is 2. The Labute approximate surface area is 159 Å². The van der Waals surface area contributed by atoms with Crippen LogP contribution < -0.4 is 11.3 Å². The van der Waals surface area contributed by atoms with Gasteiger partial charge in [-0.2, -0.15) is 0 Å². The molecule has 28 heavy (non-hydrogen) atoms. The molecule has 4 rings (SSSR count). The lowest BCUT2D eigenvalue weighted by Gasteiger charge is -2.01. The van der Waals surface area contributed by atoms with Crippen LogP contribution in [0.15, 0.2) is 67.0 Å². The lowest BCUT2D eigenvalue weighted by Crippen LogP contribution is -1.99. The topological polar surface area (TPSA) is 60.4 Å². The van der Waals surface area contributed by atoms with E-state index in [9.17, 15) is 18.4 Å². The molecule has 4 nitrogen and oxygen atoms in total. The molecule has 0 aliphatic heterocycles. The third-order valence-corrected chi connectivity index (χ3v) is 4.34. The van der Waals surface area contributed by atoms with E-state index in [1.165, 1.54) is 48.5 Å². The van der Waals surface area contributed by atoms with Crippen LogP contribution in [0.1, 0.15) is 25.0 Å². The van der Waals surface area contributed by atoms with E-state index in [1.807, 2.05) is 13.8 Å². The van der Waals surface area contributed by atoms with Gasteiger partial charge in [0.15, 0.2) is 0 Å². The highest BCUT2D eigenvalue weighted by Crippen LogP contribution is 2.19. The molecule has 4 aromatic rings. The van der Waals surface area contributed by atoms with E-state index in [0.29, 0.717) is 34.8 Å². The van der Waals surface area contributed by atoms with Crippen LogP contribution in [0.5, 0.6) is 0 Å². The summed E-state index contributed by atoms with van der Waals surface area (Å²) in [5.74, 6) is -0.637. The predicted octanol–water partition coefficient (Wildman–Crippen LogP) is 4.99. The maximum absolute atomic E-state index is 12.9. The van der Waals surface area contributed by atoms with E-state index in [-0.39, 0.29) is 22.9 Å². The zero-order valence-electron chi connectivity index (χ0n) is 15.4. The largest absolute Gasteiger partial charge is 0.423 e. The van der Waals surface area contributed by atoms with Crippen LogP contribution >= 0.6 is 0 Å². The molecule has 0 N–H and O–H groups in total. The Kier molecular flexibility index (Phi) is 5.68. The Hall–Kier alpha value is -3.28. The summed E-state index contributed by atoms with van der Waals surface area (Å²) in [4.78, 5) is 22.2. The molecule has 0 radical (unpaired) electrons. The molecule has 0 saturated heterocycles. The van der Waals surface area contributed by atoms with Gasteiger partial charge in [0, 0.05) is 22.9 Å². The van der Waals surface area contributed by atoms with Crippen molar-refractivity contribution in [3.8, 4) is 0 Å². The first-order valence-corrected chi connectivity index (χ1v) is 8.85. The van der Waals surface area contributed by atoms with Gasteiger partial charge >= 0.3 is 11.3 Å². The first-order chi connectivity index (χ1) is 13.4. The van der Waals surface area contributed by atoms with Crippen molar-refractivity contribution in [1.29, 1.82) is 0 Å². The van der Waals surface area contributed by atoms with E-state index in [0.717, 1.165) is 11.1 Å². The molecule has 0 saturated carbocycles. The third-order valence-electron chi connectivity index (χ3n) is 4.34. The monoisotopic (exact) mass is 384 g/mol.